The predicted octanol–water partition coefficient (Wildman–Crippen LogP) is 1.98. The summed E-state index contributed by atoms with van der Waals surface area (Å²) < 4.78 is 21.5. The van der Waals surface area contributed by atoms with E-state index in [1.165, 1.54) is 5.01 Å². The largest absolute Gasteiger partial charge is 1.00 e. The van der Waals surface area contributed by atoms with E-state index in [1.54, 1.807) is 64.8 Å². The summed E-state index contributed by atoms with van der Waals surface area (Å²) in [6.45, 7) is 22.1. The van der Waals surface area contributed by atoms with Crippen LogP contribution in [0.5, 0.6) is 23.0 Å². The second-order valence-electron chi connectivity index (χ2n) is 15.4. The number of alkyl halides is 2. The Balaban J connectivity index is -0.000000496. The van der Waals surface area contributed by atoms with Crippen LogP contribution in [-0.4, -0.2) is 75.1 Å². The summed E-state index contributed by atoms with van der Waals surface area (Å²) in [5.41, 5.74) is 12.4. The van der Waals surface area contributed by atoms with E-state index in [0.717, 1.165) is 23.3 Å². The Bertz CT molecular complexity index is 1810. The second-order valence-corrected chi connectivity index (χ2v) is 16.2. The zero-order chi connectivity index (χ0) is 46.4. The van der Waals surface area contributed by atoms with Crippen molar-refractivity contribution in [2.75, 3.05) is 33.8 Å². The van der Waals surface area contributed by atoms with Crippen LogP contribution in [0.4, 0.5) is 0 Å². The van der Waals surface area contributed by atoms with Crippen LogP contribution in [-0.2, 0) is 9.68 Å². The van der Waals surface area contributed by atoms with Gasteiger partial charge in [0.1, 0.15) is 23.0 Å². The molecule has 2 unspecified atom stereocenters. The smallest absolute Gasteiger partial charge is 1.00 e. The Kier molecular flexibility index (Phi) is 34.5. The predicted molar refractivity (Wildman–Crippen MR) is 236 cm³/mol. The van der Waals surface area contributed by atoms with Gasteiger partial charge in [-0.2, -0.15) is 0 Å². The van der Waals surface area contributed by atoms with Crippen molar-refractivity contribution < 1.29 is 152 Å². The van der Waals surface area contributed by atoms with Crippen LogP contribution in [0, 0.1) is 31.6 Å². The van der Waals surface area contributed by atoms with Crippen molar-refractivity contribution in [3.63, 3.8) is 0 Å². The van der Waals surface area contributed by atoms with E-state index in [2.05, 4.69) is 48.9 Å². The van der Waals surface area contributed by atoms with Gasteiger partial charge in [0.25, 0.3) is 24.2 Å². The van der Waals surface area contributed by atoms with Gasteiger partial charge in [-0.1, -0.05) is 67.5 Å². The molecule has 3 N–H and O–H groups in total. The summed E-state index contributed by atoms with van der Waals surface area (Å²) in [6.07, 6.45) is 1.59. The number of halogens is 2. The van der Waals surface area contributed by atoms with Crippen LogP contribution in [0.25, 0.3) is 0 Å². The Labute approximate surface area is 465 Å². The molecular weight excluding hydrogens is 894 g/mol. The van der Waals surface area contributed by atoms with Crippen LogP contribution in [0.2, 0.25) is 0 Å². The molecule has 0 aromatic heterocycles. The quantitative estimate of drug-likeness (QED) is 0.0752. The monoisotopic (exact) mass is 958 g/mol. The molecule has 338 valence electrons. The summed E-state index contributed by atoms with van der Waals surface area (Å²) >= 11 is 9.53. The molecule has 3 rings (SSSR count). The number of carbonyl (C=O) groups excluding carboxylic acids is 4. The van der Waals surface area contributed by atoms with Gasteiger partial charge in [0.15, 0.2) is 0 Å². The molecule has 0 spiro atoms. The third-order valence-corrected chi connectivity index (χ3v) is 9.49. The zero-order valence-electron chi connectivity index (χ0n) is 40.8. The van der Waals surface area contributed by atoms with Gasteiger partial charge in [0.05, 0.1) is 39.8 Å². The number of rotatable bonds is 13. The van der Waals surface area contributed by atoms with E-state index in [1.807, 2.05) is 60.6 Å². The summed E-state index contributed by atoms with van der Waals surface area (Å²) in [4.78, 5) is 50.6. The first-order valence-corrected chi connectivity index (χ1v) is 20.2. The standard InChI is InChI=1S/C26H36N2O5.C16H26N2O2.CH2Cl2.CH2O3.2K.H/c1-10-23(26(4,5)6)28(27-24(29)19-12-11-13-20(31-7)16(19)2)25(30)18-14-21(32-8)17(3)22(15-18)33-9;1-7-14(16(3,4)5)17-18-15(19)12-9-8-10-13(20-6)11(12)2;2-1-3;2-1-4-3;;;/h11-15,23H,10H2,1-9H3,(H,27,29);8-10,14,17H,7H2,1-6H3,(H,18,19);1H2;1,3H;;;/q;;;;2*+1;-1/p-1. The molecule has 0 bridgehead atoms. The zero-order valence-corrected chi connectivity index (χ0v) is 47.5. The molecule has 14 nitrogen and oxygen atoms in total. The molecule has 0 radical (unpaired) electrons. The summed E-state index contributed by atoms with van der Waals surface area (Å²) in [6, 6.07) is 14.0. The number of carbonyl (C=O) groups is 4. The van der Waals surface area contributed by atoms with E-state index in [4.69, 9.17) is 52.2 Å². The van der Waals surface area contributed by atoms with Gasteiger partial charge in [0.2, 0.25) is 0 Å². The Morgan fingerprint density at radius 3 is 1.45 bits per heavy atom. The minimum Gasteiger partial charge on any atom is -1.00 e. The Morgan fingerprint density at radius 2 is 1.13 bits per heavy atom. The molecule has 18 heteroatoms. The maximum atomic E-state index is 13.8. The van der Waals surface area contributed by atoms with Crippen molar-refractivity contribution >= 4 is 47.4 Å². The SMILES string of the molecule is CCC(N(NC(=O)c1cccc(OC)c1C)C(=O)c1cc(OC)c(C)c(OC)c1)C(C)(C)C.CCC(NNC(=O)c1cccc(OC)c1C)C(C)(C)C.ClCCl.O=CO[O-].[H-].[K+].[K+]. The van der Waals surface area contributed by atoms with Crippen molar-refractivity contribution in [2.45, 2.75) is 101 Å². The average Bonchev–Trinajstić information content (AvgIpc) is 3.20. The van der Waals surface area contributed by atoms with Gasteiger partial charge in [0, 0.05) is 39.4 Å². The van der Waals surface area contributed by atoms with Gasteiger partial charge in [-0.05, 0) is 80.8 Å². The minimum atomic E-state index is -0.381. The van der Waals surface area contributed by atoms with Gasteiger partial charge in [-0.3, -0.25) is 30.0 Å². The number of hydrazine groups is 2. The molecule has 0 saturated heterocycles. The van der Waals surface area contributed by atoms with E-state index < -0.39 is 0 Å². The van der Waals surface area contributed by atoms with Crippen molar-refractivity contribution in [1.82, 2.24) is 21.3 Å². The van der Waals surface area contributed by atoms with Crippen molar-refractivity contribution in [3.8, 4) is 23.0 Å². The van der Waals surface area contributed by atoms with Crippen LogP contribution < -0.4 is 143 Å². The number of hydrogen-bond acceptors (Lipinski definition) is 11. The van der Waals surface area contributed by atoms with Gasteiger partial charge in [-0.15, -0.1) is 23.2 Å². The maximum Gasteiger partial charge on any atom is 1.00 e. The number of ether oxygens (including phenoxy) is 4. The number of benzene rings is 3. The molecule has 0 aliphatic carbocycles. The van der Waals surface area contributed by atoms with E-state index in [0.29, 0.717) is 45.9 Å². The topological polar surface area (TPSA) is 177 Å². The first-order valence-electron chi connectivity index (χ1n) is 19.2. The minimum absolute atomic E-state index is 0. The molecule has 0 heterocycles. The second kappa shape index (κ2) is 33.1. The molecular formula is C44H66Cl2K2N4O10. The van der Waals surface area contributed by atoms with Crippen LogP contribution in [0.1, 0.15) is 117 Å². The van der Waals surface area contributed by atoms with E-state index >= 15 is 0 Å². The average molecular weight is 960 g/mol. The first-order chi connectivity index (χ1) is 28.1. The van der Waals surface area contributed by atoms with Gasteiger partial charge >= 0.3 is 103 Å². The van der Waals surface area contributed by atoms with Crippen LogP contribution in [0.15, 0.2) is 48.5 Å². The fraction of sp³-hybridized carbons (Fsp3) is 0.500. The number of hydrogen-bond donors (Lipinski definition) is 3. The third-order valence-electron chi connectivity index (χ3n) is 9.49. The van der Waals surface area contributed by atoms with E-state index in [-0.39, 0.29) is 157 Å². The van der Waals surface area contributed by atoms with Crippen LogP contribution in [0.3, 0.4) is 0 Å². The molecule has 62 heavy (non-hydrogen) atoms. The Hall–Kier alpha value is -1.49. The molecule has 3 aromatic carbocycles. The molecule has 3 amide bonds. The van der Waals surface area contributed by atoms with Gasteiger partial charge in [-0.25, -0.2) is 10.4 Å². The maximum absolute atomic E-state index is 13.8. The molecule has 0 aliphatic rings. The molecule has 0 aliphatic heterocycles. The molecule has 0 saturated carbocycles. The van der Waals surface area contributed by atoms with Gasteiger partial charge < -0.3 is 30.5 Å². The first kappa shape index (κ1) is 64.8. The fourth-order valence-corrected chi connectivity index (χ4v) is 6.28. The summed E-state index contributed by atoms with van der Waals surface area (Å²) in [5, 5.41) is 10.1. The van der Waals surface area contributed by atoms with Crippen molar-refractivity contribution in [2.24, 2.45) is 10.8 Å². The molecule has 0 fully saturated rings. The molecule has 3 aromatic rings. The molecule has 2 atom stereocenters. The normalized spacial score (nSPS) is 11.2. The number of methoxy groups -OCH3 is 4. The third kappa shape index (κ3) is 20.8. The summed E-state index contributed by atoms with van der Waals surface area (Å²) in [5.74, 6) is 1.55. The fourth-order valence-electron chi connectivity index (χ4n) is 6.28. The number of amides is 3. The summed E-state index contributed by atoms with van der Waals surface area (Å²) in [7, 11) is 6.26. The number of nitrogens with one attached hydrogen (secondary N) is 3. The van der Waals surface area contributed by atoms with E-state index in [9.17, 15) is 14.4 Å². The van der Waals surface area contributed by atoms with Crippen molar-refractivity contribution in [3.05, 3.63) is 81.9 Å². The Morgan fingerprint density at radius 1 is 0.726 bits per heavy atom. The van der Waals surface area contributed by atoms with Crippen molar-refractivity contribution in [1.29, 1.82) is 0 Å². The van der Waals surface area contributed by atoms with Crippen LogP contribution >= 0.6 is 23.2 Å². The number of nitrogens with zero attached hydrogens (tertiary/aromatic N) is 1.